The molecule has 2 aromatic carbocycles. The second kappa shape index (κ2) is 9.22. The fraction of sp³-hybridized carbons (Fsp3) is 0.364. The summed E-state index contributed by atoms with van der Waals surface area (Å²) in [6.45, 7) is 6.43. The number of anilines is 2. The molecule has 2 aromatic rings. The Morgan fingerprint density at radius 2 is 2.00 bits per heavy atom. The quantitative estimate of drug-likeness (QED) is 0.774. The average Bonchev–Trinajstić information content (AvgIpc) is 2.64. The largest absolute Gasteiger partial charge is 0.325 e. The number of hydrogen-bond donors (Lipinski definition) is 2. The van der Waals surface area contributed by atoms with E-state index in [0.717, 1.165) is 25.1 Å². The predicted molar refractivity (Wildman–Crippen MR) is 114 cm³/mol. The molecule has 0 saturated carbocycles. The van der Waals surface area contributed by atoms with Crippen LogP contribution in [0.4, 0.5) is 11.4 Å². The van der Waals surface area contributed by atoms with Gasteiger partial charge in [0.15, 0.2) is 0 Å². The maximum absolute atomic E-state index is 12.5. The van der Waals surface area contributed by atoms with Gasteiger partial charge in [-0.05, 0) is 62.6 Å². The average molecular weight is 400 g/mol. The first-order valence-electron chi connectivity index (χ1n) is 9.60. The molecule has 0 radical (unpaired) electrons. The molecule has 0 bridgehead atoms. The van der Waals surface area contributed by atoms with Gasteiger partial charge in [0.05, 0.1) is 17.3 Å². The summed E-state index contributed by atoms with van der Waals surface area (Å²) in [6, 6.07) is 12.4. The molecule has 2 N–H and O–H groups in total. The minimum Gasteiger partial charge on any atom is -0.325 e. The highest BCUT2D eigenvalue weighted by Crippen LogP contribution is 2.26. The first kappa shape index (κ1) is 20.4. The van der Waals surface area contributed by atoms with Gasteiger partial charge in [-0.3, -0.25) is 14.5 Å². The van der Waals surface area contributed by atoms with Crippen LogP contribution in [0.3, 0.4) is 0 Å². The van der Waals surface area contributed by atoms with Crippen molar-refractivity contribution in [1.82, 2.24) is 4.90 Å². The van der Waals surface area contributed by atoms with Gasteiger partial charge in [0.1, 0.15) is 0 Å². The molecule has 0 aromatic heterocycles. The van der Waals surface area contributed by atoms with E-state index in [1.54, 1.807) is 24.3 Å². The zero-order chi connectivity index (χ0) is 20.1. The van der Waals surface area contributed by atoms with Crippen LogP contribution in [0.15, 0.2) is 42.5 Å². The third-order valence-electron chi connectivity index (χ3n) is 4.89. The molecule has 0 spiro atoms. The lowest BCUT2D eigenvalue weighted by atomic mass is 10.0. The Balaban J connectivity index is 1.64. The first-order chi connectivity index (χ1) is 13.4. The number of amides is 2. The lowest BCUT2D eigenvalue weighted by molar-refractivity contribution is -0.117. The molecule has 2 amide bonds. The summed E-state index contributed by atoms with van der Waals surface area (Å²) in [7, 11) is 0. The Labute approximate surface area is 171 Å². The number of carbonyl (C=O) groups is 2. The summed E-state index contributed by atoms with van der Waals surface area (Å²) in [6.07, 6.45) is 2.35. The third kappa shape index (κ3) is 5.57. The van der Waals surface area contributed by atoms with Crippen LogP contribution in [-0.2, 0) is 4.79 Å². The summed E-state index contributed by atoms with van der Waals surface area (Å²) < 4.78 is 0. The number of carbonyl (C=O) groups excluding carboxylic acids is 2. The van der Waals surface area contributed by atoms with E-state index in [-0.39, 0.29) is 11.8 Å². The van der Waals surface area contributed by atoms with E-state index in [2.05, 4.69) is 22.5 Å². The van der Waals surface area contributed by atoms with Crippen LogP contribution in [-0.4, -0.2) is 36.3 Å². The Kier molecular flexibility index (Phi) is 6.70. The molecule has 1 heterocycles. The number of rotatable bonds is 5. The van der Waals surface area contributed by atoms with Crippen molar-refractivity contribution in [3.8, 4) is 0 Å². The molecule has 3 rings (SSSR count). The van der Waals surface area contributed by atoms with E-state index in [1.165, 1.54) is 6.42 Å². The Morgan fingerprint density at radius 3 is 2.75 bits per heavy atom. The van der Waals surface area contributed by atoms with E-state index >= 15 is 0 Å². The van der Waals surface area contributed by atoms with Crippen LogP contribution in [0.5, 0.6) is 0 Å². The smallest absolute Gasteiger partial charge is 0.255 e. The van der Waals surface area contributed by atoms with E-state index in [1.807, 2.05) is 25.1 Å². The molecule has 148 valence electrons. The minimum atomic E-state index is -0.239. The monoisotopic (exact) mass is 399 g/mol. The van der Waals surface area contributed by atoms with Gasteiger partial charge in [-0.15, -0.1) is 0 Å². The van der Waals surface area contributed by atoms with E-state index in [0.29, 0.717) is 34.4 Å². The van der Waals surface area contributed by atoms with Crippen molar-refractivity contribution in [3.05, 3.63) is 58.6 Å². The maximum Gasteiger partial charge on any atom is 0.255 e. The molecule has 28 heavy (non-hydrogen) atoms. The van der Waals surface area contributed by atoms with Crippen molar-refractivity contribution in [3.63, 3.8) is 0 Å². The third-order valence-corrected chi connectivity index (χ3v) is 5.22. The lowest BCUT2D eigenvalue weighted by Gasteiger charge is -2.30. The van der Waals surface area contributed by atoms with Crippen molar-refractivity contribution >= 4 is 34.8 Å². The standard InChI is InChI=1S/C22H26ClN3O2/c1-15-5-3-7-17(11-15)22(28)25-20-12-18(8-9-19(20)23)24-21(27)14-26-10-4-6-16(2)13-26/h3,5,7-9,11-12,16H,4,6,10,13-14H2,1-2H3,(H,24,27)(H,25,28). The number of halogens is 1. The van der Waals surface area contributed by atoms with Crippen LogP contribution in [0.1, 0.15) is 35.7 Å². The van der Waals surface area contributed by atoms with Crippen LogP contribution in [0, 0.1) is 12.8 Å². The molecule has 1 aliphatic heterocycles. The number of benzene rings is 2. The highest BCUT2D eigenvalue weighted by Gasteiger charge is 2.19. The summed E-state index contributed by atoms with van der Waals surface area (Å²) in [5, 5.41) is 6.15. The molecule has 6 heteroatoms. The summed E-state index contributed by atoms with van der Waals surface area (Å²) in [5.74, 6) is 0.323. The Hall–Kier alpha value is -2.37. The molecular formula is C22H26ClN3O2. The summed E-state index contributed by atoms with van der Waals surface area (Å²) in [4.78, 5) is 27.1. The topological polar surface area (TPSA) is 61.4 Å². The van der Waals surface area contributed by atoms with E-state index in [9.17, 15) is 9.59 Å². The second-order valence-electron chi connectivity index (χ2n) is 7.55. The van der Waals surface area contributed by atoms with E-state index < -0.39 is 0 Å². The number of nitrogens with zero attached hydrogens (tertiary/aromatic N) is 1. The highest BCUT2D eigenvalue weighted by atomic mass is 35.5. The number of likely N-dealkylation sites (tertiary alicyclic amines) is 1. The number of hydrogen-bond acceptors (Lipinski definition) is 3. The van der Waals surface area contributed by atoms with Crippen molar-refractivity contribution in [2.45, 2.75) is 26.7 Å². The molecule has 1 aliphatic rings. The predicted octanol–water partition coefficient (Wildman–Crippen LogP) is 4.57. The van der Waals surface area contributed by atoms with Crippen molar-refractivity contribution in [2.24, 2.45) is 5.92 Å². The van der Waals surface area contributed by atoms with Crippen LogP contribution in [0.25, 0.3) is 0 Å². The molecular weight excluding hydrogens is 374 g/mol. The fourth-order valence-electron chi connectivity index (χ4n) is 3.51. The van der Waals surface area contributed by atoms with Crippen molar-refractivity contribution in [1.29, 1.82) is 0 Å². The SMILES string of the molecule is Cc1cccc(C(=O)Nc2cc(NC(=O)CN3CCCC(C)C3)ccc2Cl)c1. The van der Waals surface area contributed by atoms with Gasteiger partial charge < -0.3 is 10.6 Å². The molecule has 1 saturated heterocycles. The van der Waals surface area contributed by atoms with Crippen LogP contribution >= 0.6 is 11.6 Å². The van der Waals surface area contributed by atoms with Gasteiger partial charge in [0, 0.05) is 17.8 Å². The Morgan fingerprint density at radius 1 is 1.18 bits per heavy atom. The fourth-order valence-corrected chi connectivity index (χ4v) is 3.68. The normalized spacial score (nSPS) is 17.2. The van der Waals surface area contributed by atoms with Crippen molar-refractivity contribution in [2.75, 3.05) is 30.3 Å². The molecule has 0 aliphatic carbocycles. The molecule has 1 atom stereocenters. The van der Waals surface area contributed by atoms with Gasteiger partial charge in [0.25, 0.3) is 5.91 Å². The first-order valence-corrected chi connectivity index (χ1v) is 9.98. The minimum absolute atomic E-state index is 0.0626. The molecule has 5 nitrogen and oxygen atoms in total. The van der Waals surface area contributed by atoms with Crippen LogP contribution in [0.2, 0.25) is 5.02 Å². The summed E-state index contributed by atoms with van der Waals surface area (Å²) in [5.41, 5.74) is 2.65. The number of aryl methyl sites for hydroxylation is 1. The Bertz CT molecular complexity index is 869. The second-order valence-corrected chi connectivity index (χ2v) is 7.96. The molecule has 1 unspecified atom stereocenters. The van der Waals surface area contributed by atoms with Crippen molar-refractivity contribution < 1.29 is 9.59 Å². The zero-order valence-electron chi connectivity index (χ0n) is 16.3. The lowest BCUT2D eigenvalue weighted by Crippen LogP contribution is -2.39. The van der Waals surface area contributed by atoms with Gasteiger partial charge in [-0.1, -0.05) is 36.2 Å². The highest BCUT2D eigenvalue weighted by molar-refractivity contribution is 6.34. The maximum atomic E-state index is 12.5. The van der Waals surface area contributed by atoms with Gasteiger partial charge in [-0.2, -0.15) is 0 Å². The van der Waals surface area contributed by atoms with E-state index in [4.69, 9.17) is 11.6 Å². The zero-order valence-corrected chi connectivity index (χ0v) is 17.1. The van der Waals surface area contributed by atoms with Gasteiger partial charge in [0.2, 0.25) is 5.91 Å². The number of piperidine rings is 1. The van der Waals surface area contributed by atoms with Gasteiger partial charge >= 0.3 is 0 Å². The summed E-state index contributed by atoms with van der Waals surface area (Å²) >= 11 is 6.23. The van der Waals surface area contributed by atoms with Crippen LogP contribution < -0.4 is 10.6 Å². The molecule has 1 fully saturated rings. The van der Waals surface area contributed by atoms with Gasteiger partial charge in [-0.25, -0.2) is 0 Å². The number of nitrogens with one attached hydrogen (secondary N) is 2.